The van der Waals surface area contributed by atoms with Gasteiger partial charge in [0.25, 0.3) is 5.56 Å². The van der Waals surface area contributed by atoms with Crippen molar-refractivity contribution in [2.24, 2.45) is 0 Å². The van der Waals surface area contributed by atoms with Crippen molar-refractivity contribution in [2.45, 2.75) is 52.4 Å². The van der Waals surface area contributed by atoms with Crippen molar-refractivity contribution in [3.8, 4) is 0 Å². The fraction of sp³-hybridized carbons (Fsp3) is 0.615. The lowest BCUT2D eigenvalue weighted by Gasteiger charge is -2.06. The molecule has 0 aliphatic rings. The molecule has 0 unspecified atom stereocenters. The number of pyridine rings is 1. The van der Waals surface area contributed by atoms with Gasteiger partial charge >= 0.3 is 0 Å². The molecule has 16 heavy (non-hydrogen) atoms. The molecule has 0 aliphatic heterocycles. The first-order valence-corrected chi connectivity index (χ1v) is 6.07. The molecule has 0 aromatic carbocycles. The van der Waals surface area contributed by atoms with E-state index in [0.717, 1.165) is 24.0 Å². The third-order valence-electron chi connectivity index (χ3n) is 2.86. The Labute approximate surface area is 96.7 Å². The SMILES string of the molecule is CCCCCCCc1ccc(C)c(=O)n1O. The van der Waals surface area contributed by atoms with Crippen molar-refractivity contribution < 1.29 is 5.21 Å². The fourth-order valence-electron chi connectivity index (χ4n) is 1.76. The largest absolute Gasteiger partial charge is 0.425 e. The summed E-state index contributed by atoms with van der Waals surface area (Å²) in [5.74, 6) is 0. The average Bonchev–Trinajstić information content (AvgIpc) is 2.28. The number of nitrogens with zero attached hydrogens (tertiary/aromatic N) is 1. The van der Waals surface area contributed by atoms with Crippen LogP contribution in [0.2, 0.25) is 0 Å². The molecule has 0 saturated heterocycles. The maximum atomic E-state index is 11.4. The second-order valence-electron chi connectivity index (χ2n) is 4.29. The molecule has 0 saturated carbocycles. The van der Waals surface area contributed by atoms with Crippen LogP contribution in [-0.4, -0.2) is 9.94 Å². The van der Waals surface area contributed by atoms with Gasteiger partial charge in [-0.05, 0) is 25.8 Å². The topological polar surface area (TPSA) is 42.2 Å². The maximum absolute atomic E-state index is 11.4. The van der Waals surface area contributed by atoms with Gasteiger partial charge in [0.1, 0.15) is 0 Å². The molecule has 1 rings (SSSR count). The van der Waals surface area contributed by atoms with Gasteiger partial charge < -0.3 is 5.21 Å². The fourth-order valence-corrected chi connectivity index (χ4v) is 1.76. The highest BCUT2D eigenvalue weighted by Crippen LogP contribution is 2.07. The molecule has 0 bridgehead atoms. The maximum Gasteiger partial charge on any atom is 0.285 e. The minimum Gasteiger partial charge on any atom is -0.425 e. The second kappa shape index (κ2) is 6.36. The van der Waals surface area contributed by atoms with Gasteiger partial charge in [0.05, 0.1) is 5.69 Å². The summed E-state index contributed by atoms with van der Waals surface area (Å²) in [6.07, 6.45) is 6.70. The molecule has 1 aromatic heterocycles. The van der Waals surface area contributed by atoms with Crippen LogP contribution >= 0.6 is 0 Å². The van der Waals surface area contributed by atoms with E-state index < -0.39 is 0 Å². The second-order valence-corrected chi connectivity index (χ2v) is 4.29. The van der Waals surface area contributed by atoms with Gasteiger partial charge in [-0.25, -0.2) is 0 Å². The van der Waals surface area contributed by atoms with Crippen molar-refractivity contribution in [1.29, 1.82) is 0 Å². The summed E-state index contributed by atoms with van der Waals surface area (Å²) in [6, 6.07) is 3.60. The summed E-state index contributed by atoms with van der Waals surface area (Å²) < 4.78 is 0.787. The number of hydrogen-bond acceptors (Lipinski definition) is 2. The van der Waals surface area contributed by atoms with Crippen molar-refractivity contribution in [3.05, 3.63) is 33.7 Å². The summed E-state index contributed by atoms with van der Waals surface area (Å²) >= 11 is 0. The molecule has 3 nitrogen and oxygen atoms in total. The quantitative estimate of drug-likeness (QED) is 0.595. The van der Waals surface area contributed by atoms with Gasteiger partial charge in [0.2, 0.25) is 0 Å². The van der Waals surface area contributed by atoms with Crippen LogP contribution in [0.3, 0.4) is 0 Å². The molecule has 1 heterocycles. The van der Waals surface area contributed by atoms with Gasteiger partial charge in [-0.2, -0.15) is 4.73 Å². The van der Waals surface area contributed by atoms with E-state index in [1.165, 1.54) is 19.3 Å². The minimum absolute atomic E-state index is 0.300. The Hall–Kier alpha value is -1.25. The lowest BCUT2D eigenvalue weighted by molar-refractivity contribution is 0.164. The van der Waals surface area contributed by atoms with Crippen molar-refractivity contribution >= 4 is 0 Å². The van der Waals surface area contributed by atoms with Crippen molar-refractivity contribution in [3.63, 3.8) is 0 Å². The monoisotopic (exact) mass is 223 g/mol. The van der Waals surface area contributed by atoms with E-state index in [4.69, 9.17) is 0 Å². The van der Waals surface area contributed by atoms with Crippen LogP contribution in [0.1, 0.15) is 50.3 Å². The normalized spacial score (nSPS) is 10.6. The first-order chi connectivity index (χ1) is 7.66. The van der Waals surface area contributed by atoms with E-state index in [0.29, 0.717) is 11.3 Å². The summed E-state index contributed by atoms with van der Waals surface area (Å²) in [5, 5.41) is 9.59. The number of rotatable bonds is 6. The van der Waals surface area contributed by atoms with Crippen LogP contribution in [-0.2, 0) is 6.42 Å². The summed E-state index contributed by atoms with van der Waals surface area (Å²) in [4.78, 5) is 11.4. The van der Waals surface area contributed by atoms with Gasteiger partial charge in [-0.15, -0.1) is 0 Å². The van der Waals surface area contributed by atoms with E-state index in [2.05, 4.69) is 6.92 Å². The Morgan fingerprint density at radius 2 is 1.88 bits per heavy atom. The Morgan fingerprint density at radius 3 is 2.56 bits per heavy atom. The van der Waals surface area contributed by atoms with Crippen LogP contribution in [0.5, 0.6) is 0 Å². The number of aromatic nitrogens is 1. The predicted molar refractivity (Wildman–Crippen MR) is 65.1 cm³/mol. The van der Waals surface area contributed by atoms with Gasteiger partial charge in [0.15, 0.2) is 0 Å². The zero-order chi connectivity index (χ0) is 12.0. The Morgan fingerprint density at radius 1 is 1.19 bits per heavy atom. The third-order valence-corrected chi connectivity index (χ3v) is 2.86. The molecule has 0 radical (unpaired) electrons. The Kier molecular flexibility index (Phi) is 5.09. The van der Waals surface area contributed by atoms with Crippen LogP contribution < -0.4 is 5.56 Å². The first-order valence-electron chi connectivity index (χ1n) is 6.07. The van der Waals surface area contributed by atoms with E-state index in [1.807, 2.05) is 6.07 Å². The van der Waals surface area contributed by atoms with Gasteiger partial charge in [-0.1, -0.05) is 38.7 Å². The lowest BCUT2D eigenvalue weighted by Crippen LogP contribution is -2.22. The molecule has 1 N–H and O–H groups in total. The molecule has 0 amide bonds. The van der Waals surface area contributed by atoms with Crippen LogP contribution in [0.25, 0.3) is 0 Å². The smallest absolute Gasteiger partial charge is 0.285 e. The lowest BCUT2D eigenvalue weighted by atomic mass is 10.1. The molecule has 0 aliphatic carbocycles. The molecule has 0 fully saturated rings. The van der Waals surface area contributed by atoms with E-state index >= 15 is 0 Å². The molecule has 0 spiro atoms. The number of hydrogen-bond donors (Lipinski definition) is 1. The predicted octanol–water partition coefficient (Wildman–Crippen LogP) is 2.91. The van der Waals surface area contributed by atoms with Crippen LogP contribution in [0.4, 0.5) is 0 Å². The summed E-state index contributed by atoms with van der Waals surface area (Å²) in [6.45, 7) is 3.89. The standard InChI is InChI=1S/C13H21NO2/c1-3-4-5-6-7-8-12-10-9-11(2)13(15)14(12)16/h9-10,16H,3-8H2,1-2H3. The molecule has 1 aromatic rings. The average molecular weight is 223 g/mol. The number of aryl methyl sites for hydroxylation is 2. The highest BCUT2D eigenvalue weighted by atomic mass is 16.5. The minimum atomic E-state index is -0.300. The highest BCUT2D eigenvalue weighted by Gasteiger charge is 2.04. The van der Waals surface area contributed by atoms with Crippen LogP contribution in [0, 0.1) is 6.92 Å². The molecular formula is C13H21NO2. The van der Waals surface area contributed by atoms with E-state index in [9.17, 15) is 10.0 Å². The first kappa shape index (κ1) is 12.8. The third kappa shape index (κ3) is 3.40. The molecular weight excluding hydrogens is 202 g/mol. The molecule has 90 valence electrons. The molecule has 3 heteroatoms. The van der Waals surface area contributed by atoms with E-state index in [1.54, 1.807) is 13.0 Å². The highest BCUT2D eigenvalue weighted by molar-refractivity contribution is 5.13. The van der Waals surface area contributed by atoms with Crippen molar-refractivity contribution in [2.75, 3.05) is 0 Å². The summed E-state index contributed by atoms with van der Waals surface area (Å²) in [5.41, 5.74) is 0.996. The zero-order valence-corrected chi connectivity index (χ0v) is 10.2. The van der Waals surface area contributed by atoms with E-state index in [-0.39, 0.29) is 5.56 Å². The molecule has 0 atom stereocenters. The van der Waals surface area contributed by atoms with Crippen molar-refractivity contribution in [1.82, 2.24) is 4.73 Å². The van der Waals surface area contributed by atoms with Crippen LogP contribution in [0.15, 0.2) is 16.9 Å². The summed E-state index contributed by atoms with van der Waals surface area (Å²) in [7, 11) is 0. The van der Waals surface area contributed by atoms with Gasteiger partial charge in [-0.3, -0.25) is 4.79 Å². The Balaban J connectivity index is 2.49. The zero-order valence-electron chi connectivity index (χ0n) is 10.2. The van der Waals surface area contributed by atoms with Gasteiger partial charge in [0, 0.05) is 5.56 Å². The number of unbranched alkanes of at least 4 members (excludes halogenated alkanes) is 4. The Bertz CT molecular complexity index is 382.